The maximum absolute atomic E-state index is 9.83. The molecule has 1 heterocycles. The molecule has 3 nitrogen and oxygen atoms in total. The summed E-state index contributed by atoms with van der Waals surface area (Å²) in [4.78, 5) is 12.1. The normalized spacial score (nSPS) is 21.7. The van der Waals surface area contributed by atoms with Gasteiger partial charge >= 0.3 is 0 Å². The van der Waals surface area contributed by atoms with Gasteiger partial charge in [-0.1, -0.05) is 20.8 Å². The average molecular weight is 200 g/mol. The fourth-order valence-electron chi connectivity index (χ4n) is 1.08. The second-order valence-corrected chi connectivity index (χ2v) is 5.09. The van der Waals surface area contributed by atoms with Crippen molar-refractivity contribution in [1.29, 1.82) is 0 Å². The Kier molecular flexibility index (Phi) is 5.96. The Hall–Kier alpha value is -0.410. The van der Waals surface area contributed by atoms with Gasteiger partial charge in [0.2, 0.25) is 0 Å². The summed E-state index contributed by atoms with van der Waals surface area (Å²) in [6, 6.07) is 0.787. The van der Waals surface area contributed by atoms with Crippen LogP contribution >= 0.6 is 0 Å². The summed E-state index contributed by atoms with van der Waals surface area (Å²) in [6.45, 7) is 8.00. The SMILES string of the molecule is CC(C)(C)C=O.CN(C)C1CCNC1. The van der Waals surface area contributed by atoms with Gasteiger partial charge < -0.3 is 15.0 Å². The fourth-order valence-corrected chi connectivity index (χ4v) is 1.08. The maximum atomic E-state index is 9.83. The van der Waals surface area contributed by atoms with E-state index in [2.05, 4.69) is 24.3 Å². The van der Waals surface area contributed by atoms with Gasteiger partial charge in [0.1, 0.15) is 6.29 Å². The van der Waals surface area contributed by atoms with Crippen LogP contribution in [0, 0.1) is 5.41 Å². The molecular formula is C11H24N2O. The second kappa shape index (κ2) is 6.14. The number of carbonyl (C=O) groups excluding carboxylic acids is 1. The van der Waals surface area contributed by atoms with E-state index in [0.29, 0.717) is 0 Å². The van der Waals surface area contributed by atoms with Crippen LogP contribution < -0.4 is 5.32 Å². The Labute approximate surface area is 87.9 Å². The van der Waals surface area contributed by atoms with Gasteiger partial charge in [0.05, 0.1) is 0 Å². The van der Waals surface area contributed by atoms with E-state index >= 15 is 0 Å². The molecule has 1 saturated heterocycles. The fraction of sp³-hybridized carbons (Fsp3) is 0.909. The first-order valence-corrected chi connectivity index (χ1v) is 5.20. The first kappa shape index (κ1) is 13.6. The van der Waals surface area contributed by atoms with Crippen LogP contribution in [0.3, 0.4) is 0 Å². The number of hydrogen-bond donors (Lipinski definition) is 1. The summed E-state index contributed by atoms with van der Waals surface area (Å²) in [5.41, 5.74) is -0.139. The Morgan fingerprint density at radius 1 is 1.36 bits per heavy atom. The quantitative estimate of drug-likeness (QED) is 0.644. The predicted octanol–water partition coefficient (Wildman–Crippen LogP) is 1.14. The van der Waals surface area contributed by atoms with Gasteiger partial charge in [0, 0.05) is 18.0 Å². The molecule has 0 aliphatic carbocycles. The average Bonchev–Trinajstić information content (AvgIpc) is 2.56. The number of nitrogens with zero attached hydrogens (tertiary/aromatic N) is 1. The van der Waals surface area contributed by atoms with Crippen LogP contribution in [0.25, 0.3) is 0 Å². The number of carbonyl (C=O) groups is 1. The minimum atomic E-state index is -0.139. The van der Waals surface area contributed by atoms with Crippen molar-refractivity contribution in [2.24, 2.45) is 5.41 Å². The molecule has 0 aromatic heterocycles. The lowest BCUT2D eigenvalue weighted by atomic mass is 10.0. The lowest BCUT2D eigenvalue weighted by molar-refractivity contribution is -0.113. The minimum absolute atomic E-state index is 0.139. The zero-order valence-electron chi connectivity index (χ0n) is 10.1. The molecular weight excluding hydrogens is 176 g/mol. The van der Waals surface area contributed by atoms with Gasteiger partial charge in [-0.2, -0.15) is 0 Å². The van der Waals surface area contributed by atoms with Gasteiger partial charge in [-0.05, 0) is 27.1 Å². The molecule has 0 saturated carbocycles. The van der Waals surface area contributed by atoms with Crippen molar-refractivity contribution in [3.8, 4) is 0 Å². The van der Waals surface area contributed by atoms with Crippen LogP contribution in [-0.4, -0.2) is 44.4 Å². The van der Waals surface area contributed by atoms with Crippen molar-refractivity contribution in [3.63, 3.8) is 0 Å². The third-order valence-electron chi connectivity index (χ3n) is 2.12. The molecule has 0 bridgehead atoms. The Bertz CT molecular complexity index is 155. The summed E-state index contributed by atoms with van der Waals surface area (Å²) < 4.78 is 0. The molecule has 1 N–H and O–H groups in total. The topological polar surface area (TPSA) is 32.3 Å². The van der Waals surface area contributed by atoms with Crippen molar-refractivity contribution in [2.75, 3.05) is 27.2 Å². The van der Waals surface area contributed by atoms with Crippen molar-refractivity contribution in [2.45, 2.75) is 33.2 Å². The van der Waals surface area contributed by atoms with E-state index in [-0.39, 0.29) is 5.41 Å². The zero-order valence-corrected chi connectivity index (χ0v) is 10.1. The molecule has 1 fully saturated rings. The van der Waals surface area contributed by atoms with E-state index in [1.54, 1.807) is 0 Å². The van der Waals surface area contributed by atoms with Gasteiger partial charge in [-0.25, -0.2) is 0 Å². The van der Waals surface area contributed by atoms with Crippen LogP contribution in [0.5, 0.6) is 0 Å². The van der Waals surface area contributed by atoms with Crippen molar-refractivity contribution < 1.29 is 4.79 Å². The van der Waals surface area contributed by atoms with E-state index in [1.807, 2.05) is 20.8 Å². The zero-order chi connectivity index (χ0) is 11.2. The van der Waals surface area contributed by atoms with Crippen LogP contribution in [0.2, 0.25) is 0 Å². The molecule has 3 heteroatoms. The summed E-state index contributed by atoms with van der Waals surface area (Å²) in [5.74, 6) is 0. The number of likely N-dealkylation sites (N-methyl/N-ethyl adjacent to an activating group) is 1. The van der Waals surface area contributed by atoms with E-state index in [1.165, 1.54) is 19.5 Å². The van der Waals surface area contributed by atoms with Crippen molar-refractivity contribution in [1.82, 2.24) is 10.2 Å². The molecule has 1 unspecified atom stereocenters. The molecule has 0 amide bonds. The van der Waals surface area contributed by atoms with E-state index in [0.717, 1.165) is 12.3 Å². The van der Waals surface area contributed by atoms with Crippen LogP contribution in [0.1, 0.15) is 27.2 Å². The second-order valence-electron chi connectivity index (χ2n) is 5.09. The number of nitrogens with one attached hydrogen (secondary N) is 1. The number of aldehydes is 1. The molecule has 0 aromatic carbocycles. The first-order valence-electron chi connectivity index (χ1n) is 5.20. The molecule has 84 valence electrons. The van der Waals surface area contributed by atoms with E-state index in [4.69, 9.17) is 0 Å². The smallest absolute Gasteiger partial charge is 0.125 e. The van der Waals surface area contributed by atoms with E-state index in [9.17, 15) is 4.79 Å². The lowest BCUT2D eigenvalue weighted by Crippen LogP contribution is -2.29. The van der Waals surface area contributed by atoms with Crippen LogP contribution in [0.15, 0.2) is 0 Å². The number of rotatable bonds is 1. The van der Waals surface area contributed by atoms with Gasteiger partial charge in [-0.3, -0.25) is 0 Å². The van der Waals surface area contributed by atoms with Gasteiger partial charge in [0.15, 0.2) is 0 Å². The highest BCUT2D eigenvalue weighted by Gasteiger charge is 2.14. The monoisotopic (exact) mass is 200 g/mol. The first-order chi connectivity index (χ1) is 6.37. The molecule has 1 atom stereocenters. The van der Waals surface area contributed by atoms with Crippen molar-refractivity contribution >= 4 is 6.29 Å². The van der Waals surface area contributed by atoms with Crippen LogP contribution in [0.4, 0.5) is 0 Å². The summed E-state index contributed by atoms with van der Waals surface area (Å²) in [7, 11) is 4.27. The molecule has 1 aliphatic rings. The predicted molar refractivity (Wildman–Crippen MR) is 60.5 cm³/mol. The Morgan fingerprint density at radius 2 is 1.86 bits per heavy atom. The highest BCUT2D eigenvalue weighted by Crippen LogP contribution is 2.05. The van der Waals surface area contributed by atoms with Gasteiger partial charge in [0.25, 0.3) is 0 Å². The third kappa shape index (κ3) is 7.04. The molecule has 14 heavy (non-hydrogen) atoms. The summed E-state index contributed by atoms with van der Waals surface area (Å²) in [6.07, 6.45) is 2.25. The minimum Gasteiger partial charge on any atom is -0.315 e. The molecule has 0 spiro atoms. The highest BCUT2D eigenvalue weighted by atomic mass is 16.1. The Morgan fingerprint density at radius 3 is 2.00 bits per heavy atom. The molecule has 0 aromatic rings. The van der Waals surface area contributed by atoms with E-state index < -0.39 is 0 Å². The summed E-state index contributed by atoms with van der Waals surface area (Å²) >= 11 is 0. The molecule has 0 radical (unpaired) electrons. The summed E-state index contributed by atoms with van der Waals surface area (Å²) in [5, 5.41) is 3.31. The Balaban J connectivity index is 0.000000255. The lowest BCUT2D eigenvalue weighted by Gasteiger charge is -2.16. The number of hydrogen-bond acceptors (Lipinski definition) is 3. The van der Waals surface area contributed by atoms with Crippen molar-refractivity contribution in [3.05, 3.63) is 0 Å². The third-order valence-corrected chi connectivity index (χ3v) is 2.12. The van der Waals surface area contributed by atoms with Crippen LogP contribution in [-0.2, 0) is 4.79 Å². The van der Waals surface area contributed by atoms with Gasteiger partial charge in [-0.15, -0.1) is 0 Å². The largest absolute Gasteiger partial charge is 0.315 e. The maximum Gasteiger partial charge on any atom is 0.125 e. The highest BCUT2D eigenvalue weighted by molar-refractivity contribution is 5.56. The standard InChI is InChI=1S/C6H14N2.C5H10O/c1-8(2)6-3-4-7-5-6;1-5(2,3)4-6/h6-7H,3-5H2,1-2H3;4H,1-3H3. The molecule has 1 rings (SSSR count). The molecule has 1 aliphatic heterocycles.